The van der Waals surface area contributed by atoms with E-state index in [0.29, 0.717) is 11.3 Å². The number of nitrogens with one attached hydrogen (secondary N) is 1. The maximum atomic E-state index is 14.2. The number of amides is 3. The summed E-state index contributed by atoms with van der Waals surface area (Å²) in [5.74, 6) is -1.88. The normalized spacial score (nSPS) is 14.7. The van der Waals surface area contributed by atoms with Crippen molar-refractivity contribution >= 4 is 63.1 Å². The van der Waals surface area contributed by atoms with Crippen molar-refractivity contribution in [1.29, 1.82) is 0 Å². The van der Waals surface area contributed by atoms with E-state index in [-0.39, 0.29) is 34.5 Å². The van der Waals surface area contributed by atoms with Crippen LogP contribution in [0.4, 0.5) is 19.3 Å². The number of hydrogen-bond acceptors (Lipinski definition) is 4. The van der Waals surface area contributed by atoms with Crippen LogP contribution < -0.4 is 5.32 Å². The summed E-state index contributed by atoms with van der Waals surface area (Å²) in [6, 6.07) is 17.0. The Kier molecular flexibility index (Phi) is 6.82. The summed E-state index contributed by atoms with van der Waals surface area (Å²) in [5, 5.41) is 3.10. The number of nitrogens with zero attached hydrogens (tertiary/aromatic N) is 2. The summed E-state index contributed by atoms with van der Waals surface area (Å²) in [4.78, 5) is 39.4. The molecule has 0 saturated carbocycles. The molecule has 1 aromatic heterocycles. The number of para-hydroxylation sites is 1. The number of hydrogen-bond donors (Lipinski definition) is 1. The average Bonchev–Trinajstić information content (AvgIpc) is 3.34. The number of thioether (sulfide) groups is 1. The molecule has 5 rings (SSSR count). The quantitative estimate of drug-likeness (QED) is 0.287. The van der Waals surface area contributed by atoms with Crippen LogP contribution in [0.2, 0.25) is 5.02 Å². The second-order valence-electron chi connectivity index (χ2n) is 8.25. The molecule has 0 spiro atoms. The zero-order chi connectivity index (χ0) is 26.1. The molecule has 0 atom stereocenters. The molecular weight excluding hydrogens is 520 g/mol. The topological polar surface area (TPSA) is 71.4 Å². The molecule has 1 aliphatic rings. The number of benzene rings is 3. The van der Waals surface area contributed by atoms with Crippen LogP contribution in [-0.2, 0) is 22.7 Å². The second-order valence-corrected chi connectivity index (χ2v) is 9.65. The Hall–Kier alpha value is -3.95. The Morgan fingerprint density at radius 2 is 1.76 bits per heavy atom. The molecule has 3 aromatic carbocycles. The number of anilines is 1. The molecule has 37 heavy (non-hydrogen) atoms. The molecule has 0 radical (unpaired) electrons. The lowest BCUT2D eigenvalue weighted by Gasteiger charge is -2.14. The van der Waals surface area contributed by atoms with Gasteiger partial charge in [-0.25, -0.2) is 8.78 Å². The van der Waals surface area contributed by atoms with Crippen molar-refractivity contribution in [3.8, 4) is 0 Å². The zero-order valence-corrected chi connectivity index (χ0v) is 20.7. The van der Waals surface area contributed by atoms with Gasteiger partial charge in [0, 0.05) is 38.9 Å². The minimum absolute atomic E-state index is 0.0288. The molecule has 1 N–H and O–H groups in total. The molecule has 10 heteroatoms. The van der Waals surface area contributed by atoms with Gasteiger partial charge in [0.1, 0.15) is 18.2 Å². The lowest BCUT2D eigenvalue weighted by Crippen LogP contribution is -2.28. The lowest BCUT2D eigenvalue weighted by atomic mass is 10.1. The van der Waals surface area contributed by atoms with Crippen molar-refractivity contribution in [3.05, 3.63) is 106 Å². The highest BCUT2D eigenvalue weighted by Gasteiger charge is 2.36. The van der Waals surface area contributed by atoms with Crippen LogP contribution in [0, 0.1) is 11.6 Å². The molecule has 0 unspecified atom stereocenters. The predicted molar refractivity (Wildman–Crippen MR) is 140 cm³/mol. The average molecular weight is 538 g/mol. The van der Waals surface area contributed by atoms with Gasteiger partial charge < -0.3 is 9.88 Å². The van der Waals surface area contributed by atoms with E-state index < -0.39 is 22.8 Å². The fourth-order valence-electron chi connectivity index (χ4n) is 4.03. The minimum atomic E-state index is -0.600. The fourth-order valence-corrected chi connectivity index (χ4v) is 5.08. The van der Waals surface area contributed by atoms with Gasteiger partial charge in [-0.1, -0.05) is 35.9 Å². The first-order chi connectivity index (χ1) is 17.8. The lowest BCUT2D eigenvalue weighted by molar-refractivity contribution is -0.123. The van der Waals surface area contributed by atoms with Gasteiger partial charge in [0.2, 0.25) is 5.91 Å². The Balaban J connectivity index is 1.40. The highest BCUT2D eigenvalue weighted by molar-refractivity contribution is 8.18. The van der Waals surface area contributed by atoms with Crippen LogP contribution in [0.3, 0.4) is 0 Å². The van der Waals surface area contributed by atoms with Crippen LogP contribution >= 0.6 is 23.4 Å². The van der Waals surface area contributed by atoms with Crippen molar-refractivity contribution in [3.63, 3.8) is 0 Å². The molecular formula is C27H18ClF2N3O3S. The van der Waals surface area contributed by atoms with Gasteiger partial charge in [-0.3, -0.25) is 19.3 Å². The molecule has 3 amide bonds. The molecule has 1 fully saturated rings. The number of carbonyl (C=O) groups excluding carboxylic acids is 3. The maximum Gasteiger partial charge on any atom is 0.293 e. The minimum Gasteiger partial charge on any atom is -0.337 e. The highest BCUT2D eigenvalue weighted by atomic mass is 35.5. The number of carbonyl (C=O) groups is 3. The summed E-state index contributed by atoms with van der Waals surface area (Å²) in [7, 11) is 0. The molecule has 0 bridgehead atoms. The monoisotopic (exact) mass is 537 g/mol. The van der Waals surface area contributed by atoms with Crippen molar-refractivity contribution < 1.29 is 23.2 Å². The SMILES string of the molecule is O=C(Cn1cc(/C=C2\SC(=O)N(Cc3c(F)cccc3Cl)C2=O)c2ccccc21)Nc1ccc(F)cc1. The summed E-state index contributed by atoms with van der Waals surface area (Å²) in [6.45, 7) is -0.308. The van der Waals surface area contributed by atoms with Gasteiger partial charge in [0.25, 0.3) is 11.1 Å². The summed E-state index contributed by atoms with van der Waals surface area (Å²) in [5.41, 5.74) is 1.92. The van der Waals surface area contributed by atoms with Crippen LogP contribution in [0.1, 0.15) is 11.1 Å². The smallest absolute Gasteiger partial charge is 0.293 e. The van der Waals surface area contributed by atoms with Crippen LogP contribution in [0.25, 0.3) is 17.0 Å². The molecule has 2 heterocycles. The second kappa shape index (κ2) is 10.2. The third-order valence-corrected chi connectivity index (χ3v) is 7.06. The number of aromatic nitrogens is 1. The number of rotatable bonds is 6. The first-order valence-electron chi connectivity index (χ1n) is 11.1. The third-order valence-electron chi connectivity index (χ3n) is 5.80. The van der Waals surface area contributed by atoms with E-state index in [1.165, 1.54) is 42.5 Å². The van der Waals surface area contributed by atoms with Gasteiger partial charge in [0.15, 0.2) is 0 Å². The summed E-state index contributed by atoms with van der Waals surface area (Å²) >= 11 is 6.83. The number of halogens is 3. The Bertz CT molecular complexity index is 1560. The molecule has 6 nitrogen and oxygen atoms in total. The Labute approximate surface area is 219 Å². The van der Waals surface area contributed by atoms with Crippen LogP contribution in [0.5, 0.6) is 0 Å². The summed E-state index contributed by atoms with van der Waals surface area (Å²) in [6.07, 6.45) is 3.31. The first-order valence-corrected chi connectivity index (χ1v) is 12.3. The van der Waals surface area contributed by atoms with Gasteiger partial charge in [-0.05, 0) is 60.3 Å². The Morgan fingerprint density at radius 3 is 2.51 bits per heavy atom. The van der Waals surface area contributed by atoms with Crippen molar-refractivity contribution in [1.82, 2.24) is 9.47 Å². The van der Waals surface area contributed by atoms with Gasteiger partial charge in [-0.15, -0.1) is 0 Å². The number of fused-ring (bicyclic) bond motifs is 1. The van der Waals surface area contributed by atoms with Gasteiger partial charge in [-0.2, -0.15) is 0 Å². The van der Waals surface area contributed by atoms with Crippen LogP contribution in [-0.4, -0.2) is 26.5 Å². The van der Waals surface area contributed by atoms with Crippen molar-refractivity contribution in [2.45, 2.75) is 13.1 Å². The van der Waals surface area contributed by atoms with Gasteiger partial charge >= 0.3 is 0 Å². The van der Waals surface area contributed by atoms with Gasteiger partial charge in [0.05, 0.1) is 11.4 Å². The van der Waals surface area contributed by atoms with E-state index >= 15 is 0 Å². The predicted octanol–water partition coefficient (Wildman–Crippen LogP) is 6.45. The molecule has 186 valence electrons. The first kappa shape index (κ1) is 24.7. The van der Waals surface area contributed by atoms with E-state index in [9.17, 15) is 23.2 Å². The standard InChI is InChI=1S/C27H18ClF2N3O3S/c28-21-5-3-6-22(30)20(21)14-33-26(35)24(37-27(33)36)12-16-13-32(23-7-2-1-4-19(16)23)15-25(34)31-18-10-8-17(29)9-11-18/h1-13H,14-15H2,(H,31,34)/b24-12-. The van der Waals surface area contributed by atoms with Crippen molar-refractivity contribution in [2.75, 3.05) is 5.32 Å². The van der Waals surface area contributed by atoms with E-state index in [1.54, 1.807) is 16.8 Å². The van der Waals surface area contributed by atoms with E-state index in [0.717, 1.165) is 27.6 Å². The highest BCUT2D eigenvalue weighted by Crippen LogP contribution is 2.36. The molecule has 1 aliphatic heterocycles. The van der Waals surface area contributed by atoms with E-state index in [2.05, 4.69) is 5.32 Å². The maximum absolute atomic E-state index is 14.2. The summed E-state index contributed by atoms with van der Waals surface area (Å²) < 4.78 is 29.1. The largest absolute Gasteiger partial charge is 0.337 e. The number of imide groups is 1. The third kappa shape index (κ3) is 5.14. The Morgan fingerprint density at radius 1 is 1.00 bits per heavy atom. The molecule has 0 aliphatic carbocycles. The molecule has 4 aromatic rings. The van der Waals surface area contributed by atoms with Crippen LogP contribution in [0.15, 0.2) is 77.8 Å². The molecule has 1 saturated heterocycles. The van der Waals surface area contributed by atoms with E-state index in [1.807, 2.05) is 24.3 Å². The van der Waals surface area contributed by atoms with Crippen molar-refractivity contribution in [2.24, 2.45) is 0 Å². The fraction of sp³-hybridized carbons (Fsp3) is 0.0741. The van der Waals surface area contributed by atoms with E-state index in [4.69, 9.17) is 11.6 Å². The zero-order valence-electron chi connectivity index (χ0n) is 19.1.